The van der Waals surface area contributed by atoms with Gasteiger partial charge < -0.3 is 5.32 Å². The van der Waals surface area contributed by atoms with Crippen LogP contribution in [0, 0.1) is 10.1 Å². The normalized spacial score (nSPS) is 10.8. The first-order chi connectivity index (χ1) is 12.7. The van der Waals surface area contributed by atoms with Crippen LogP contribution in [0.15, 0.2) is 67.1 Å². The summed E-state index contributed by atoms with van der Waals surface area (Å²) in [5.74, 6) is 1.13. The van der Waals surface area contributed by atoms with Crippen molar-refractivity contribution in [3.05, 3.63) is 82.8 Å². The van der Waals surface area contributed by atoms with Gasteiger partial charge in [-0.2, -0.15) is 4.98 Å². The van der Waals surface area contributed by atoms with Crippen molar-refractivity contribution in [2.24, 2.45) is 0 Å². The van der Waals surface area contributed by atoms with E-state index >= 15 is 0 Å². The topological polar surface area (TPSA) is 98.8 Å². The highest BCUT2D eigenvalue weighted by Gasteiger charge is 2.08. The number of nitrogens with zero attached hydrogens (tertiary/aromatic N) is 5. The van der Waals surface area contributed by atoms with Gasteiger partial charge in [-0.05, 0) is 23.8 Å². The molecule has 4 aromatic rings. The molecule has 8 heteroatoms. The second-order valence-corrected chi connectivity index (χ2v) is 5.62. The minimum Gasteiger partial charge on any atom is -0.350 e. The molecule has 8 nitrogen and oxygen atoms in total. The quantitative estimate of drug-likeness (QED) is 0.439. The summed E-state index contributed by atoms with van der Waals surface area (Å²) in [5.41, 5.74) is 2.68. The Morgan fingerprint density at radius 2 is 1.96 bits per heavy atom. The van der Waals surface area contributed by atoms with Crippen LogP contribution in [0.1, 0.15) is 5.56 Å². The molecule has 0 fully saturated rings. The summed E-state index contributed by atoms with van der Waals surface area (Å²) in [6.45, 7) is 0.385. The summed E-state index contributed by atoms with van der Waals surface area (Å²) in [7, 11) is 0. The summed E-state index contributed by atoms with van der Waals surface area (Å²) in [4.78, 5) is 23.5. The fraction of sp³-hybridized carbons (Fsp3) is 0.0556. The zero-order valence-electron chi connectivity index (χ0n) is 13.6. The van der Waals surface area contributed by atoms with E-state index in [2.05, 4.69) is 20.3 Å². The van der Waals surface area contributed by atoms with Crippen LogP contribution in [0.2, 0.25) is 0 Å². The van der Waals surface area contributed by atoms with E-state index in [1.54, 1.807) is 24.7 Å². The van der Waals surface area contributed by atoms with Gasteiger partial charge in [-0.25, -0.2) is 9.97 Å². The average Bonchev–Trinajstić information content (AvgIpc) is 3.11. The van der Waals surface area contributed by atoms with E-state index in [0.29, 0.717) is 18.3 Å². The van der Waals surface area contributed by atoms with Crippen LogP contribution in [0.4, 0.5) is 11.6 Å². The summed E-state index contributed by atoms with van der Waals surface area (Å²) < 4.78 is 1.88. The van der Waals surface area contributed by atoms with Crippen LogP contribution in [0.3, 0.4) is 0 Å². The molecule has 0 atom stereocenters. The van der Waals surface area contributed by atoms with E-state index in [0.717, 1.165) is 16.6 Å². The van der Waals surface area contributed by atoms with Crippen molar-refractivity contribution in [1.82, 2.24) is 19.5 Å². The third-order valence-corrected chi connectivity index (χ3v) is 3.91. The highest BCUT2D eigenvalue weighted by Crippen LogP contribution is 2.17. The van der Waals surface area contributed by atoms with E-state index in [1.165, 1.54) is 12.1 Å². The van der Waals surface area contributed by atoms with E-state index < -0.39 is 4.92 Å². The largest absolute Gasteiger partial charge is 0.350 e. The summed E-state index contributed by atoms with van der Waals surface area (Å²) in [6, 6.07) is 16.1. The minimum absolute atomic E-state index is 0.0591. The number of imidazole rings is 1. The smallest absolute Gasteiger partial charge is 0.269 e. The Morgan fingerprint density at radius 3 is 2.85 bits per heavy atom. The second-order valence-electron chi connectivity index (χ2n) is 5.62. The van der Waals surface area contributed by atoms with Gasteiger partial charge in [0.05, 0.1) is 16.0 Å². The summed E-state index contributed by atoms with van der Waals surface area (Å²) >= 11 is 0. The molecule has 1 N–H and O–H groups in total. The van der Waals surface area contributed by atoms with Crippen molar-refractivity contribution in [2.75, 3.05) is 5.32 Å². The third kappa shape index (κ3) is 3.07. The van der Waals surface area contributed by atoms with Gasteiger partial charge in [0.1, 0.15) is 12.1 Å². The number of nitro groups is 1. The molecular formula is C18H14N6O2. The molecule has 0 amide bonds. The van der Waals surface area contributed by atoms with Gasteiger partial charge in [0.2, 0.25) is 5.95 Å². The van der Waals surface area contributed by atoms with Crippen LogP contribution >= 0.6 is 0 Å². The van der Waals surface area contributed by atoms with Crippen molar-refractivity contribution in [2.45, 2.75) is 6.54 Å². The molecule has 0 unspecified atom stereocenters. The number of para-hydroxylation sites is 2. The van der Waals surface area contributed by atoms with Crippen LogP contribution < -0.4 is 5.32 Å². The highest BCUT2D eigenvalue weighted by atomic mass is 16.6. The van der Waals surface area contributed by atoms with Crippen LogP contribution in [0.5, 0.6) is 0 Å². The van der Waals surface area contributed by atoms with Gasteiger partial charge in [0.25, 0.3) is 5.69 Å². The number of aromatic nitrogens is 4. The molecule has 0 bridgehead atoms. The van der Waals surface area contributed by atoms with Crippen molar-refractivity contribution < 1.29 is 4.92 Å². The lowest BCUT2D eigenvalue weighted by molar-refractivity contribution is -0.384. The number of nitro benzene ring substituents is 1. The van der Waals surface area contributed by atoms with E-state index in [-0.39, 0.29) is 5.69 Å². The fourth-order valence-corrected chi connectivity index (χ4v) is 2.67. The lowest BCUT2D eigenvalue weighted by atomic mass is 10.2. The van der Waals surface area contributed by atoms with Gasteiger partial charge in [-0.3, -0.25) is 14.7 Å². The van der Waals surface area contributed by atoms with Gasteiger partial charge in [0.15, 0.2) is 0 Å². The van der Waals surface area contributed by atoms with Gasteiger partial charge >= 0.3 is 0 Å². The first kappa shape index (κ1) is 15.7. The molecule has 0 aliphatic heterocycles. The maximum Gasteiger partial charge on any atom is 0.269 e. The molecule has 128 valence electrons. The SMILES string of the molecule is O=[N+]([O-])c1cccc(CNc2nccc(-n3cnc4ccccc43)n2)c1. The fourth-order valence-electron chi connectivity index (χ4n) is 2.67. The molecule has 0 aliphatic rings. The summed E-state index contributed by atoms with van der Waals surface area (Å²) in [6.07, 6.45) is 3.38. The Bertz CT molecular complexity index is 1090. The first-order valence-electron chi connectivity index (χ1n) is 7.93. The molecule has 0 radical (unpaired) electrons. The van der Waals surface area contributed by atoms with Crippen LogP contribution in [0.25, 0.3) is 16.9 Å². The standard InChI is InChI=1S/C18H14N6O2/c25-24(26)14-5-3-4-13(10-14)11-20-18-19-9-8-17(22-18)23-12-21-15-6-1-2-7-16(15)23/h1-10,12H,11H2,(H,19,20,22). The van der Waals surface area contributed by atoms with Crippen molar-refractivity contribution >= 4 is 22.7 Å². The molecule has 2 aromatic carbocycles. The Kier molecular flexibility index (Phi) is 3.98. The van der Waals surface area contributed by atoms with E-state index in [1.807, 2.05) is 34.9 Å². The molecular weight excluding hydrogens is 332 g/mol. The molecule has 2 heterocycles. The molecule has 0 saturated carbocycles. The van der Waals surface area contributed by atoms with Gasteiger partial charge in [-0.1, -0.05) is 24.3 Å². The number of rotatable bonds is 5. The lowest BCUT2D eigenvalue weighted by Gasteiger charge is -2.08. The Labute approximate surface area is 148 Å². The molecule has 2 aromatic heterocycles. The van der Waals surface area contributed by atoms with Gasteiger partial charge in [0, 0.05) is 24.9 Å². The van der Waals surface area contributed by atoms with E-state index in [4.69, 9.17) is 0 Å². The maximum atomic E-state index is 10.9. The average molecular weight is 346 g/mol. The van der Waals surface area contributed by atoms with Crippen molar-refractivity contribution in [1.29, 1.82) is 0 Å². The summed E-state index contributed by atoms with van der Waals surface area (Å²) in [5, 5.41) is 14.0. The number of hydrogen-bond acceptors (Lipinski definition) is 6. The predicted octanol–water partition coefficient (Wildman–Crippen LogP) is 3.34. The zero-order valence-corrected chi connectivity index (χ0v) is 13.6. The van der Waals surface area contributed by atoms with Gasteiger partial charge in [-0.15, -0.1) is 0 Å². The highest BCUT2D eigenvalue weighted by molar-refractivity contribution is 5.76. The van der Waals surface area contributed by atoms with Crippen LogP contribution in [-0.4, -0.2) is 24.4 Å². The molecule has 4 rings (SSSR count). The molecule has 0 aliphatic carbocycles. The Balaban J connectivity index is 1.57. The number of hydrogen-bond donors (Lipinski definition) is 1. The molecule has 26 heavy (non-hydrogen) atoms. The number of fused-ring (bicyclic) bond motifs is 1. The minimum atomic E-state index is -0.412. The Hall–Kier alpha value is -3.81. The number of benzene rings is 2. The number of anilines is 1. The van der Waals surface area contributed by atoms with Crippen LogP contribution in [-0.2, 0) is 6.54 Å². The van der Waals surface area contributed by atoms with E-state index in [9.17, 15) is 10.1 Å². The zero-order chi connectivity index (χ0) is 17.9. The monoisotopic (exact) mass is 346 g/mol. The number of nitrogens with one attached hydrogen (secondary N) is 1. The Morgan fingerprint density at radius 1 is 1.08 bits per heavy atom. The molecule has 0 spiro atoms. The van der Waals surface area contributed by atoms with Crippen molar-refractivity contribution in [3.63, 3.8) is 0 Å². The maximum absolute atomic E-state index is 10.9. The lowest BCUT2D eigenvalue weighted by Crippen LogP contribution is -2.06. The molecule has 0 saturated heterocycles. The number of non-ortho nitro benzene ring substituents is 1. The first-order valence-corrected chi connectivity index (χ1v) is 7.93. The predicted molar refractivity (Wildman–Crippen MR) is 97.1 cm³/mol. The second kappa shape index (κ2) is 6.60. The van der Waals surface area contributed by atoms with Crippen molar-refractivity contribution in [3.8, 4) is 5.82 Å². The third-order valence-electron chi connectivity index (χ3n) is 3.91.